The lowest BCUT2D eigenvalue weighted by atomic mass is 10.0. The van der Waals surface area contributed by atoms with E-state index in [-0.39, 0.29) is 81.3 Å². The maximum atomic E-state index is 14.1. The minimum Gasteiger partial charge on any atom is -0.496 e. The van der Waals surface area contributed by atoms with E-state index in [1.54, 1.807) is 38.7 Å². The van der Waals surface area contributed by atoms with Crippen LogP contribution in [0.4, 0.5) is 57.3 Å². The number of nitrogen functional groups attached to an aromatic ring is 4. The van der Waals surface area contributed by atoms with Crippen LogP contribution < -0.4 is 59.0 Å². The van der Waals surface area contributed by atoms with Crippen molar-refractivity contribution in [3.05, 3.63) is 246 Å². The summed E-state index contributed by atoms with van der Waals surface area (Å²) in [5, 5.41) is 44.2. The number of anilines is 9. The van der Waals surface area contributed by atoms with Crippen LogP contribution in [0, 0.1) is 33.5 Å². The van der Waals surface area contributed by atoms with Gasteiger partial charge in [-0.3, -0.25) is 9.97 Å². The van der Waals surface area contributed by atoms with Crippen LogP contribution in [0.25, 0.3) is 54.5 Å². The van der Waals surface area contributed by atoms with Gasteiger partial charge in [0, 0.05) is 47.7 Å². The molecule has 0 bridgehead atoms. The molecule has 0 aliphatic rings. The lowest BCUT2D eigenvalue weighted by Crippen LogP contribution is -2.31. The predicted octanol–water partition coefficient (Wildman–Crippen LogP) is 13.7. The van der Waals surface area contributed by atoms with Crippen molar-refractivity contribution in [2.45, 2.75) is 98.8 Å². The summed E-state index contributed by atoms with van der Waals surface area (Å²) >= 11 is 0. The molecule has 0 aliphatic heterocycles. The largest absolute Gasteiger partial charge is 0.496 e. The van der Waals surface area contributed by atoms with Crippen molar-refractivity contribution in [3.8, 4) is 11.5 Å². The van der Waals surface area contributed by atoms with Crippen LogP contribution in [0.1, 0.15) is 103 Å². The standard InChI is InChI=1S/C18H19N3O2.C17H19N5O.C16H20N6O.C15H14FN5.C14H15N5O.2H2S/c1-12-19-15-10-6-5-9-14(15)18(20-12)21-16(11-22)17(23)13-7-3-2-4-8-13;1-10-6-4-7-12(19-10)11(2)20-16-15-13(21-17(18)22-16)8-5-9-14(15)23-3;1-4-22-9-8-18-15(22)10(2)19-14-13-11(20-16(17)21-14)6-5-7-12(13)23-3;1-9(11-6-2-3-8-18-11)19-14-13-10(16)5-4-7-12(13)20-15(17)21-14;1-8-4-3-5-11-12(8)13(18-14(15)17-11)16-7-10-6-9(2)20-19-10;;/h2-10,16-17,22-23H,11H2,1H3,(H,19,20,21);4-9,11H,1-3H3,(H3,18,20,21,22);5-10H,4H2,1-3H3,(H3,17,19,20,21);2-9H,1H3,(H3,17,19,20,21);3-6H,7H2,1-2H3,(H3,15,16,17,18);2*1H2/t16-,17-;11-;10-;9-;;;/m0100.../s1. The smallest absolute Gasteiger partial charge is 0.222 e. The van der Waals surface area contributed by atoms with Crippen LogP contribution in [0.3, 0.4) is 0 Å². The minimum absolute atomic E-state index is 0. The van der Waals surface area contributed by atoms with Gasteiger partial charge in [0.15, 0.2) is 0 Å². The number of nitrogens with one attached hydrogen (secondary N) is 5. The van der Waals surface area contributed by atoms with Gasteiger partial charge in [0.2, 0.25) is 23.8 Å². The maximum Gasteiger partial charge on any atom is 0.222 e. The molecule has 29 nitrogen and oxygen atoms in total. The number of hydrogen-bond donors (Lipinski definition) is 11. The molecule has 32 heteroatoms. The second-order valence-corrected chi connectivity index (χ2v) is 25.4. The van der Waals surface area contributed by atoms with Gasteiger partial charge in [-0.05, 0) is 145 Å². The zero-order valence-corrected chi connectivity index (χ0v) is 65.4. The Hall–Kier alpha value is -12.9. The highest BCUT2D eigenvalue weighted by molar-refractivity contribution is 7.59. The molecule has 112 heavy (non-hydrogen) atoms. The predicted molar refractivity (Wildman–Crippen MR) is 450 cm³/mol. The van der Waals surface area contributed by atoms with Crippen molar-refractivity contribution >= 4 is 134 Å². The summed E-state index contributed by atoms with van der Waals surface area (Å²) in [6.07, 6.45) is 4.63. The first kappa shape index (κ1) is 83.1. The van der Waals surface area contributed by atoms with E-state index < -0.39 is 12.1 Å². The van der Waals surface area contributed by atoms with Crippen LogP contribution in [0.15, 0.2) is 193 Å². The van der Waals surface area contributed by atoms with Crippen LogP contribution in [-0.4, -0.2) is 112 Å². The third-order valence-electron chi connectivity index (χ3n) is 17.4. The quantitative estimate of drug-likeness (QED) is 0.0337. The zero-order chi connectivity index (χ0) is 78.0. The Morgan fingerprint density at radius 2 is 1.02 bits per heavy atom. The van der Waals surface area contributed by atoms with E-state index in [1.807, 2.05) is 206 Å². The number of rotatable bonds is 20. The number of para-hydroxylation sites is 1. The van der Waals surface area contributed by atoms with E-state index in [2.05, 4.69) is 108 Å². The number of hydrogen-bond acceptors (Lipinski definition) is 28. The molecule has 580 valence electrons. The van der Waals surface area contributed by atoms with E-state index in [0.29, 0.717) is 63.9 Å². The summed E-state index contributed by atoms with van der Waals surface area (Å²) in [6.45, 7) is 16.9. The molecule has 0 radical (unpaired) electrons. The Kier molecular flexibility index (Phi) is 28.9. The molecule has 0 saturated heterocycles. The summed E-state index contributed by atoms with van der Waals surface area (Å²) in [4.78, 5) is 56.0. The molecule has 0 amide bonds. The third-order valence-corrected chi connectivity index (χ3v) is 17.4. The average Bonchev–Trinajstić information content (AvgIpc) is 1.52. The van der Waals surface area contributed by atoms with E-state index >= 15 is 0 Å². The molecule has 0 fully saturated rings. The summed E-state index contributed by atoms with van der Waals surface area (Å²) in [5.41, 5.74) is 32.1. The number of nitrogens with zero attached hydrogens (tertiary/aromatic N) is 15. The number of aryl methyl sites for hydroxylation is 5. The van der Waals surface area contributed by atoms with Crippen molar-refractivity contribution in [3.63, 3.8) is 0 Å². The molecule has 6 aromatic carbocycles. The van der Waals surface area contributed by atoms with Crippen LogP contribution in [0.2, 0.25) is 0 Å². The maximum absolute atomic E-state index is 14.1. The summed E-state index contributed by atoms with van der Waals surface area (Å²) in [7, 11) is 3.25. The number of pyridine rings is 2. The summed E-state index contributed by atoms with van der Waals surface area (Å²) in [6, 6.07) is 51.5. The first-order valence-electron chi connectivity index (χ1n) is 35.3. The average molecular weight is 1550 g/mol. The topological polar surface area (TPSA) is 422 Å². The Labute approximate surface area is 660 Å². The summed E-state index contributed by atoms with van der Waals surface area (Å²) < 4.78 is 32.1. The Morgan fingerprint density at radius 1 is 0.500 bits per heavy atom. The Morgan fingerprint density at radius 3 is 1.59 bits per heavy atom. The number of methoxy groups -OCH3 is 2. The fourth-order valence-electron chi connectivity index (χ4n) is 12.1. The molecule has 0 aliphatic carbocycles. The molecule has 15 aromatic rings. The second-order valence-electron chi connectivity index (χ2n) is 25.4. The van der Waals surface area contributed by atoms with Crippen molar-refractivity contribution in [2.75, 3.05) is 70.3 Å². The molecule has 0 saturated carbocycles. The third kappa shape index (κ3) is 20.7. The van der Waals surface area contributed by atoms with E-state index in [0.717, 1.165) is 95.6 Å². The number of aromatic nitrogens is 15. The Balaban J connectivity index is 0.000000160. The number of ether oxygens (including phenoxy) is 2. The minimum atomic E-state index is -0.838. The number of imidazole rings is 1. The first-order chi connectivity index (χ1) is 53.2. The highest BCUT2D eigenvalue weighted by atomic mass is 32.1. The zero-order valence-electron chi connectivity index (χ0n) is 63.4. The van der Waals surface area contributed by atoms with Crippen LogP contribution >= 0.6 is 27.0 Å². The van der Waals surface area contributed by atoms with E-state index in [9.17, 15) is 14.6 Å². The van der Waals surface area contributed by atoms with Gasteiger partial charge < -0.3 is 78.3 Å². The van der Waals surface area contributed by atoms with E-state index in [1.165, 1.54) is 6.07 Å². The highest BCUT2D eigenvalue weighted by Crippen LogP contribution is 2.36. The van der Waals surface area contributed by atoms with Gasteiger partial charge in [-0.25, -0.2) is 39.3 Å². The number of halogens is 1. The molecule has 15 N–H and O–H groups in total. The van der Waals surface area contributed by atoms with Gasteiger partial charge >= 0.3 is 0 Å². The molecule has 0 spiro atoms. The lowest BCUT2D eigenvalue weighted by Gasteiger charge is -2.23. The normalized spacial score (nSPS) is 12.1. The molecular formula is C80H91FN24O5S2. The number of nitrogens with two attached hydrogens (primary N) is 4. The molecule has 15 rings (SSSR count). The SMILES string of the molecule is CCn1ccnc1[C@H](C)Nc1nc(N)nc2cccc(OC)c12.COc1cccc2nc(N)nc(N[C@H](C)c3cccc(C)n3)c12.C[C@H](Nc1nc(N)nc2cccc(F)c12)c1ccccn1.Cc1cc(CNc2nc(N)nc3cccc(C)c23)no1.Cc1nc(N[C@@H](CO)[C@@H](O)c2ccccc2)c2ccccc2n1.S.S. The number of aliphatic hydroxyl groups excluding tert-OH is 2. The second kappa shape index (κ2) is 38.9. The van der Waals surface area contributed by atoms with Gasteiger partial charge in [-0.2, -0.15) is 46.9 Å². The fourth-order valence-corrected chi connectivity index (χ4v) is 12.1. The fraction of sp³-hybridized carbons (Fsp3) is 0.225. The van der Waals surface area contributed by atoms with Crippen LogP contribution in [-0.2, 0) is 13.1 Å². The highest BCUT2D eigenvalue weighted by Gasteiger charge is 2.24. The molecule has 5 atom stereocenters. The van der Waals surface area contributed by atoms with Crippen molar-refractivity contribution in [2.24, 2.45) is 0 Å². The molecule has 0 unspecified atom stereocenters. The van der Waals surface area contributed by atoms with E-state index in [4.69, 9.17) is 36.9 Å². The summed E-state index contributed by atoms with van der Waals surface area (Å²) in [5.74, 6) is 7.15. The number of fused-ring (bicyclic) bond motifs is 5. The Bertz CT molecular complexity index is 5620. The van der Waals surface area contributed by atoms with Crippen molar-refractivity contribution in [1.29, 1.82) is 0 Å². The first-order valence-corrected chi connectivity index (χ1v) is 35.3. The van der Waals surface area contributed by atoms with Gasteiger partial charge in [0.1, 0.15) is 75.6 Å². The monoisotopic (exact) mass is 1550 g/mol. The van der Waals surface area contributed by atoms with Crippen molar-refractivity contribution in [1.82, 2.24) is 74.5 Å². The van der Waals surface area contributed by atoms with Gasteiger partial charge in [-0.1, -0.05) is 90.1 Å². The molecule has 9 aromatic heterocycles. The number of benzene rings is 6. The van der Waals surface area contributed by atoms with Gasteiger partial charge in [0.05, 0.1) is 107 Å². The van der Waals surface area contributed by atoms with Gasteiger partial charge in [-0.15, -0.1) is 0 Å². The van der Waals surface area contributed by atoms with Gasteiger partial charge in [0.25, 0.3) is 0 Å². The van der Waals surface area contributed by atoms with Crippen LogP contribution in [0.5, 0.6) is 11.5 Å². The molecular weight excluding hydrogens is 1460 g/mol. The molecule has 9 heterocycles. The van der Waals surface area contributed by atoms with Crippen molar-refractivity contribution < 1.29 is 28.6 Å². The number of aliphatic hydroxyl groups is 2. The lowest BCUT2D eigenvalue weighted by molar-refractivity contribution is 0.118.